The van der Waals surface area contributed by atoms with Gasteiger partial charge < -0.3 is 14.8 Å². The van der Waals surface area contributed by atoms with Gasteiger partial charge in [0.1, 0.15) is 11.5 Å². The number of halogens is 1. The van der Waals surface area contributed by atoms with Gasteiger partial charge in [-0.25, -0.2) is 0 Å². The highest BCUT2D eigenvalue weighted by Gasteiger charge is 2.62. The van der Waals surface area contributed by atoms with E-state index in [0.29, 0.717) is 39.9 Å². The molecule has 160 valence electrons. The summed E-state index contributed by atoms with van der Waals surface area (Å²) in [7, 11) is 3.11. The first-order valence-electron chi connectivity index (χ1n) is 10.4. The van der Waals surface area contributed by atoms with Crippen molar-refractivity contribution in [3.63, 3.8) is 0 Å². The maximum absolute atomic E-state index is 13.7. The molecule has 6 rings (SSSR count). The number of methoxy groups -OCH3 is 2. The van der Waals surface area contributed by atoms with Crippen molar-refractivity contribution >= 4 is 23.2 Å². The highest BCUT2D eigenvalue weighted by atomic mass is 35.5. The van der Waals surface area contributed by atoms with Gasteiger partial charge >= 0.3 is 0 Å². The second-order valence-corrected chi connectivity index (χ2v) is 9.64. The normalized spacial score (nSPS) is 31.6. The molecule has 4 fully saturated rings. The van der Waals surface area contributed by atoms with Crippen LogP contribution in [-0.4, -0.2) is 40.3 Å². The van der Waals surface area contributed by atoms with E-state index in [0.717, 1.165) is 32.1 Å². The second kappa shape index (κ2) is 6.83. The van der Waals surface area contributed by atoms with Crippen LogP contribution in [-0.2, 0) is 10.3 Å². The smallest absolute Gasteiger partial charge is 0.230 e. The molecular formula is C21H26ClN5O3. The van der Waals surface area contributed by atoms with E-state index in [-0.39, 0.29) is 11.4 Å². The Morgan fingerprint density at radius 1 is 1.17 bits per heavy atom. The van der Waals surface area contributed by atoms with Gasteiger partial charge in [-0.15, -0.1) is 10.2 Å². The Balaban J connectivity index is 1.48. The highest BCUT2D eigenvalue weighted by Crippen LogP contribution is 2.64. The van der Waals surface area contributed by atoms with Gasteiger partial charge in [-0.2, -0.15) is 4.80 Å². The van der Waals surface area contributed by atoms with Crippen LogP contribution in [0.5, 0.6) is 11.5 Å². The molecule has 2 atom stereocenters. The molecule has 0 radical (unpaired) electrons. The molecule has 0 unspecified atom stereocenters. The van der Waals surface area contributed by atoms with Crippen LogP contribution in [0.25, 0.3) is 0 Å². The number of rotatable bonds is 5. The average Bonchev–Trinajstić information content (AvgIpc) is 3.15. The lowest BCUT2D eigenvalue weighted by Gasteiger charge is -2.60. The van der Waals surface area contributed by atoms with Crippen LogP contribution in [0.15, 0.2) is 12.1 Å². The van der Waals surface area contributed by atoms with Gasteiger partial charge in [0.25, 0.3) is 0 Å². The van der Waals surface area contributed by atoms with Crippen LogP contribution >= 0.6 is 11.6 Å². The lowest BCUT2D eigenvalue weighted by molar-refractivity contribution is -0.152. The van der Waals surface area contributed by atoms with E-state index in [9.17, 15) is 4.79 Å². The van der Waals surface area contributed by atoms with Gasteiger partial charge in [-0.05, 0) is 62.5 Å². The largest absolute Gasteiger partial charge is 0.495 e. The summed E-state index contributed by atoms with van der Waals surface area (Å²) in [5, 5.41) is 16.5. The molecule has 1 heterocycles. The Bertz CT molecular complexity index is 993. The quantitative estimate of drug-likeness (QED) is 0.777. The van der Waals surface area contributed by atoms with E-state index in [1.165, 1.54) is 6.42 Å². The summed E-state index contributed by atoms with van der Waals surface area (Å²) >= 11 is 6.22. The Kier molecular flexibility index (Phi) is 4.47. The fourth-order valence-electron chi connectivity index (χ4n) is 6.41. The third-order valence-electron chi connectivity index (χ3n) is 7.17. The van der Waals surface area contributed by atoms with Crippen molar-refractivity contribution in [1.82, 2.24) is 20.2 Å². The zero-order chi connectivity index (χ0) is 21.1. The Morgan fingerprint density at radius 3 is 2.47 bits per heavy atom. The number of anilines is 1. The van der Waals surface area contributed by atoms with Crippen LogP contribution in [0.3, 0.4) is 0 Å². The molecule has 2 aromatic rings. The van der Waals surface area contributed by atoms with E-state index in [1.807, 2.05) is 6.92 Å². The number of aromatic nitrogens is 4. The number of carbonyl (C=O) groups excluding carboxylic acids is 1. The molecule has 8 nitrogen and oxygen atoms in total. The van der Waals surface area contributed by atoms with Crippen molar-refractivity contribution in [1.29, 1.82) is 0 Å². The van der Waals surface area contributed by atoms with Gasteiger partial charge in [0.15, 0.2) is 5.82 Å². The lowest BCUT2D eigenvalue weighted by Crippen LogP contribution is -2.60. The van der Waals surface area contributed by atoms with Gasteiger partial charge in [0, 0.05) is 12.1 Å². The summed E-state index contributed by atoms with van der Waals surface area (Å²) in [4.78, 5) is 15.5. The van der Waals surface area contributed by atoms with Gasteiger partial charge in [0.05, 0.1) is 35.9 Å². The molecule has 1 N–H and O–H groups in total. The van der Waals surface area contributed by atoms with Gasteiger partial charge in [-0.1, -0.05) is 11.6 Å². The van der Waals surface area contributed by atoms with Crippen molar-refractivity contribution in [2.24, 2.45) is 17.3 Å². The molecule has 4 aliphatic rings. The molecule has 4 saturated carbocycles. The first-order valence-corrected chi connectivity index (χ1v) is 10.7. The number of carbonyl (C=O) groups is 1. The summed E-state index contributed by atoms with van der Waals surface area (Å²) < 4.78 is 10.8. The van der Waals surface area contributed by atoms with Crippen LogP contribution in [0.4, 0.5) is 5.69 Å². The summed E-state index contributed by atoms with van der Waals surface area (Å²) in [6, 6.07) is 3.39. The number of aryl methyl sites for hydroxylation is 1. The summed E-state index contributed by atoms with van der Waals surface area (Å²) in [5.41, 5.74) is -0.0863. The van der Waals surface area contributed by atoms with Crippen LogP contribution in [0, 0.1) is 24.2 Å². The highest BCUT2D eigenvalue weighted by molar-refractivity contribution is 6.32. The number of hydrogen-bond acceptors (Lipinski definition) is 6. The first-order chi connectivity index (χ1) is 14.4. The van der Waals surface area contributed by atoms with Crippen LogP contribution < -0.4 is 14.8 Å². The fraction of sp³-hybridized carbons (Fsp3) is 0.619. The average molecular weight is 432 g/mol. The molecule has 30 heavy (non-hydrogen) atoms. The Hall–Kier alpha value is -2.35. The number of nitrogens with zero attached hydrogens (tertiary/aromatic N) is 4. The second-order valence-electron chi connectivity index (χ2n) is 9.23. The SMILES string of the molecule is COc1cc(NC(=O)C23C[C@H]4C[C@H](C2)CC(n2nnc(C)n2)(C4)C3)c(OC)cc1Cl. The van der Waals surface area contributed by atoms with E-state index in [1.54, 1.807) is 31.1 Å². The van der Waals surface area contributed by atoms with Crippen LogP contribution in [0.1, 0.15) is 44.3 Å². The van der Waals surface area contributed by atoms with Crippen molar-refractivity contribution < 1.29 is 14.3 Å². The summed E-state index contributed by atoms with van der Waals surface area (Å²) in [6.07, 6.45) is 5.76. The maximum atomic E-state index is 13.7. The fourth-order valence-corrected chi connectivity index (χ4v) is 6.64. The summed E-state index contributed by atoms with van der Waals surface area (Å²) in [6.45, 7) is 1.85. The van der Waals surface area contributed by atoms with E-state index < -0.39 is 5.41 Å². The van der Waals surface area contributed by atoms with Crippen molar-refractivity contribution in [3.05, 3.63) is 23.0 Å². The number of amides is 1. The van der Waals surface area contributed by atoms with Gasteiger partial charge in [0.2, 0.25) is 5.91 Å². The molecule has 1 aromatic carbocycles. The first kappa shape index (κ1) is 19.6. The Labute approximate surface area is 180 Å². The van der Waals surface area contributed by atoms with Gasteiger partial charge in [-0.3, -0.25) is 4.79 Å². The minimum absolute atomic E-state index is 0.0282. The third kappa shape index (κ3) is 2.95. The molecule has 0 spiro atoms. The predicted molar refractivity (Wildman–Crippen MR) is 111 cm³/mol. The topological polar surface area (TPSA) is 91.2 Å². The zero-order valence-corrected chi connectivity index (χ0v) is 18.2. The minimum Gasteiger partial charge on any atom is -0.495 e. The number of ether oxygens (including phenoxy) is 2. The van der Waals surface area contributed by atoms with Crippen LogP contribution in [0.2, 0.25) is 5.02 Å². The predicted octanol–water partition coefficient (Wildman–Crippen LogP) is 3.59. The molecule has 1 aromatic heterocycles. The van der Waals surface area contributed by atoms with Crippen molar-refractivity contribution in [3.8, 4) is 11.5 Å². The van der Waals surface area contributed by atoms with Crippen molar-refractivity contribution in [2.45, 2.75) is 51.0 Å². The number of tetrazole rings is 1. The van der Waals surface area contributed by atoms with Crippen molar-refractivity contribution in [2.75, 3.05) is 19.5 Å². The zero-order valence-electron chi connectivity index (χ0n) is 17.4. The number of hydrogen-bond donors (Lipinski definition) is 1. The molecule has 4 aliphatic carbocycles. The minimum atomic E-state index is -0.441. The monoisotopic (exact) mass is 431 g/mol. The third-order valence-corrected chi connectivity index (χ3v) is 7.47. The number of nitrogens with one attached hydrogen (secondary N) is 1. The van der Waals surface area contributed by atoms with E-state index >= 15 is 0 Å². The molecule has 9 heteroatoms. The standard InChI is InChI=1S/C21H26ClN5O3/c1-12-24-26-27(25-12)21-9-13-4-14(10-21)8-20(7-13,11-21)19(28)23-16-6-17(29-2)15(22)5-18(16)30-3/h5-6,13-14H,4,7-11H2,1-3H3,(H,23,28)/t13-,14-,20?,21?/m1/s1. The lowest BCUT2D eigenvalue weighted by atomic mass is 9.46. The molecule has 0 aliphatic heterocycles. The molecule has 4 bridgehead atoms. The maximum Gasteiger partial charge on any atom is 0.230 e. The Morgan fingerprint density at radius 2 is 1.87 bits per heavy atom. The molecule has 1 amide bonds. The molecular weight excluding hydrogens is 406 g/mol. The summed E-state index contributed by atoms with van der Waals surface area (Å²) in [5.74, 6) is 2.72. The number of benzene rings is 1. The van der Waals surface area contributed by atoms with E-state index in [2.05, 4.69) is 20.7 Å². The molecule has 0 saturated heterocycles. The van der Waals surface area contributed by atoms with E-state index in [4.69, 9.17) is 21.1 Å².